The molecule has 174 valence electrons. The predicted molar refractivity (Wildman–Crippen MR) is 109 cm³/mol. The third-order valence-corrected chi connectivity index (χ3v) is 6.24. The monoisotopic (exact) mass is 478 g/mol. The Hall–Kier alpha value is -1.85. The van der Waals surface area contributed by atoms with Crippen molar-refractivity contribution in [2.24, 2.45) is 11.3 Å². The van der Waals surface area contributed by atoms with Gasteiger partial charge in [-0.25, -0.2) is 9.09 Å². The number of esters is 2. The Morgan fingerprint density at radius 3 is 2.74 bits per heavy atom. The molecule has 2 heterocycles. The Labute approximate surface area is 184 Å². The second-order valence-corrected chi connectivity index (χ2v) is 10.3. The van der Waals surface area contributed by atoms with Crippen molar-refractivity contribution in [1.82, 2.24) is 10.3 Å². The Morgan fingerprint density at radius 1 is 1.35 bits per heavy atom. The first-order valence-electron chi connectivity index (χ1n) is 9.57. The van der Waals surface area contributed by atoms with Gasteiger partial charge < -0.3 is 14.8 Å². The van der Waals surface area contributed by atoms with E-state index >= 15 is 0 Å². The number of hydrogen-bond acceptors (Lipinski definition) is 11. The largest absolute Gasteiger partial charge is 0.478 e. The molecule has 1 fully saturated rings. The number of phosphoric ester groups is 1. The minimum Gasteiger partial charge on any atom is -0.460 e. The number of hydrogen-bond donors (Lipinski definition) is 1. The molecule has 1 saturated heterocycles. The van der Waals surface area contributed by atoms with Crippen LogP contribution in [0.2, 0.25) is 0 Å². The van der Waals surface area contributed by atoms with Gasteiger partial charge in [-0.1, -0.05) is 27.7 Å². The van der Waals surface area contributed by atoms with Gasteiger partial charge in [-0.15, -0.1) is 11.3 Å². The van der Waals surface area contributed by atoms with Crippen molar-refractivity contribution >= 4 is 37.0 Å². The van der Waals surface area contributed by atoms with E-state index in [9.17, 15) is 18.9 Å². The summed E-state index contributed by atoms with van der Waals surface area (Å²) in [6, 6.07) is 0. The van der Waals surface area contributed by atoms with Crippen LogP contribution in [0.5, 0.6) is 0 Å². The molecule has 0 aromatic carbocycles. The minimum atomic E-state index is -4.11. The highest BCUT2D eigenvalue weighted by Gasteiger charge is 2.49. The number of ether oxygens (including phenoxy) is 2. The van der Waals surface area contributed by atoms with Gasteiger partial charge in [-0.3, -0.25) is 28.4 Å². The maximum absolute atomic E-state index is 12.7. The molecule has 13 heteroatoms. The lowest BCUT2D eigenvalue weighted by molar-refractivity contribution is -0.158. The predicted octanol–water partition coefficient (Wildman–Crippen LogP) is 2.42. The fraction of sp³-hybridized carbons (Fsp3) is 0.667. The molecule has 1 aromatic rings. The van der Waals surface area contributed by atoms with Crippen LogP contribution in [0.3, 0.4) is 0 Å². The molecule has 0 bridgehead atoms. The number of nitrogens with zero attached hydrogens (tertiary/aromatic N) is 1. The van der Waals surface area contributed by atoms with E-state index in [1.54, 1.807) is 39.4 Å². The van der Waals surface area contributed by atoms with Crippen molar-refractivity contribution in [2.75, 3.05) is 19.9 Å². The molecule has 0 saturated carbocycles. The third kappa shape index (κ3) is 7.97. The third-order valence-electron chi connectivity index (χ3n) is 4.15. The van der Waals surface area contributed by atoms with E-state index in [0.717, 1.165) is 4.88 Å². The van der Waals surface area contributed by atoms with Gasteiger partial charge in [0, 0.05) is 18.2 Å². The summed E-state index contributed by atoms with van der Waals surface area (Å²) in [4.78, 5) is 40.6. The summed E-state index contributed by atoms with van der Waals surface area (Å²) in [5.74, 6) is -1.99. The summed E-state index contributed by atoms with van der Waals surface area (Å²) in [7, 11) is -4.11. The van der Waals surface area contributed by atoms with Crippen molar-refractivity contribution in [3.63, 3.8) is 0 Å². The molecule has 1 unspecified atom stereocenters. The molecule has 0 aliphatic carbocycles. The summed E-state index contributed by atoms with van der Waals surface area (Å²) < 4.78 is 38.0. The first-order chi connectivity index (χ1) is 14.5. The Bertz CT molecular complexity index is 813. The highest BCUT2D eigenvalue weighted by Crippen LogP contribution is 2.57. The Balaban J connectivity index is 1.81. The lowest BCUT2D eigenvalue weighted by atomic mass is 9.87. The van der Waals surface area contributed by atoms with E-state index in [0.29, 0.717) is 0 Å². The average Bonchev–Trinajstić information content (AvgIpc) is 3.22. The maximum atomic E-state index is 12.7. The molecular weight excluding hydrogens is 451 g/mol. The highest BCUT2D eigenvalue weighted by atomic mass is 32.1. The van der Waals surface area contributed by atoms with Gasteiger partial charge in [0.15, 0.2) is 6.10 Å². The zero-order chi connectivity index (χ0) is 23.1. The zero-order valence-corrected chi connectivity index (χ0v) is 19.5. The van der Waals surface area contributed by atoms with Crippen LogP contribution in [0.25, 0.3) is 0 Å². The van der Waals surface area contributed by atoms with Gasteiger partial charge in [-0.05, 0) is 0 Å². The second kappa shape index (κ2) is 11.1. The average molecular weight is 478 g/mol. The topological polar surface area (TPSA) is 139 Å². The van der Waals surface area contributed by atoms with Crippen molar-refractivity contribution < 1.29 is 42.0 Å². The molecule has 1 aliphatic heterocycles. The van der Waals surface area contributed by atoms with E-state index in [4.69, 9.17) is 23.0 Å². The summed E-state index contributed by atoms with van der Waals surface area (Å²) in [5, 5.41) is 2.57. The molecule has 1 aliphatic rings. The molecule has 31 heavy (non-hydrogen) atoms. The van der Waals surface area contributed by atoms with E-state index in [2.05, 4.69) is 10.3 Å². The first-order valence-corrected chi connectivity index (χ1v) is 11.9. The fourth-order valence-corrected chi connectivity index (χ4v) is 4.34. The molecule has 2 rings (SSSR count). The first kappa shape index (κ1) is 25.4. The van der Waals surface area contributed by atoms with Gasteiger partial charge in [0.1, 0.15) is 6.61 Å². The number of rotatable bonds is 10. The van der Waals surface area contributed by atoms with Crippen molar-refractivity contribution in [3.8, 4) is 0 Å². The summed E-state index contributed by atoms with van der Waals surface area (Å²) >= 11 is 1.37. The highest BCUT2D eigenvalue weighted by molar-refractivity contribution is 7.48. The van der Waals surface area contributed by atoms with Crippen molar-refractivity contribution in [2.45, 2.75) is 46.8 Å². The van der Waals surface area contributed by atoms with E-state index in [-0.39, 0.29) is 32.1 Å². The number of carbonyl (C=O) groups is 3. The van der Waals surface area contributed by atoms with Crippen LogP contribution in [0.1, 0.15) is 39.0 Å². The zero-order valence-electron chi connectivity index (χ0n) is 17.8. The number of aromatic nitrogens is 1. The Morgan fingerprint density at radius 2 is 2.10 bits per heavy atom. The number of nitrogens with one attached hydrogen (secondary N) is 1. The quantitative estimate of drug-likeness (QED) is 0.303. The smallest absolute Gasteiger partial charge is 0.460 e. The number of phosphoric acid groups is 1. The summed E-state index contributed by atoms with van der Waals surface area (Å²) in [6.45, 7) is 6.08. The van der Waals surface area contributed by atoms with Crippen molar-refractivity contribution in [3.05, 3.63) is 16.6 Å². The summed E-state index contributed by atoms with van der Waals surface area (Å²) in [5.41, 5.74) is 0.818. The maximum Gasteiger partial charge on any atom is 0.478 e. The van der Waals surface area contributed by atoms with E-state index in [1.807, 2.05) is 0 Å². The summed E-state index contributed by atoms with van der Waals surface area (Å²) in [6.07, 6.45) is 0.392. The normalized spacial score (nSPS) is 22.7. The number of amides is 1. The molecule has 0 radical (unpaired) electrons. The van der Waals surface area contributed by atoms with Gasteiger partial charge in [0.05, 0.1) is 29.3 Å². The van der Waals surface area contributed by atoms with E-state index < -0.39 is 44.0 Å². The fourth-order valence-electron chi connectivity index (χ4n) is 2.33. The standard InChI is InChI=1S/C18H27N2O9PS/c1-12(2)17(23)26-11-28-30(24)27-9-18(3,4)15(29-30)16(22)20-6-5-14(21)25-8-13-7-19-10-31-13/h7,10,12,15H,5-6,8-9,11H2,1-4H3,(H,20,22)/t15-,30?/m0/s1. The second-order valence-electron chi connectivity index (χ2n) is 7.73. The van der Waals surface area contributed by atoms with E-state index in [1.165, 1.54) is 11.3 Å². The molecule has 1 N–H and O–H groups in total. The molecular formula is C18H27N2O9PS. The molecule has 2 atom stereocenters. The lowest BCUT2D eigenvalue weighted by Gasteiger charge is -2.39. The molecule has 1 aromatic heterocycles. The number of thiazole rings is 1. The van der Waals surface area contributed by atoms with Crippen LogP contribution >= 0.6 is 19.2 Å². The van der Waals surface area contributed by atoms with Gasteiger partial charge in [0.2, 0.25) is 12.7 Å². The lowest BCUT2D eigenvalue weighted by Crippen LogP contribution is -2.50. The van der Waals surface area contributed by atoms with Gasteiger partial charge in [-0.2, -0.15) is 0 Å². The van der Waals surface area contributed by atoms with Crippen molar-refractivity contribution in [1.29, 1.82) is 0 Å². The van der Waals surface area contributed by atoms with Crippen LogP contribution in [0.15, 0.2) is 11.7 Å². The minimum absolute atomic E-state index is 0.00825. The van der Waals surface area contributed by atoms with Crippen LogP contribution in [-0.4, -0.2) is 48.9 Å². The molecule has 11 nitrogen and oxygen atoms in total. The number of carbonyl (C=O) groups excluding carboxylic acids is 3. The van der Waals surface area contributed by atoms with Crippen LogP contribution in [0.4, 0.5) is 0 Å². The molecule has 1 amide bonds. The van der Waals surface area contributed by atoms with Crippen LogP contribution in [-0.2, 0) is 48.6 Å². The Kier molecular flexibility index (Phi) is 9.14. The van der Waals surface area contributed by atoms with Crippen LogP contribution in [0, 0.1) is 11.3 Å². The van der Waals surface area contributed by atoms with Gasteiger partial charge >= 0.3 is 19.8 Å². The van der Waals surface area contributed by atoms with Crippen LogP contribution < -0.4 is 5.32 Å². The molecule has 0 spiro atoms. The SMILES string of the molecule is CC(C)C(=O)OCOP1(=O)OCC(C)(C)[C@H](C(=O)NCCC(=O)OCc2cncs2)O1. The van der Waals surface area contributed by atoms with Gasteiger partial charge in [0.25, 0.3) is 0 Å².